The molecule has 0 bridgehead atoms. The highest BCUT2D eigenvalue weighted by Gasteiger charge is 2.10. The number of methoxy groups -OCH3 is 1. The lowest BCUT2D eigenvalue weighted by molar-refractivity contribution is 0.227. The van der Waals surface area contributed by atoms with Gasteiger partial charge >= 0.3 is 0 Å². The molecule has 1 heterocycles. The van der Waals surface area contributed by atoms with Gasteiger partial charge in [-0.2, -0.15) is 0 Å². The normalized spacial score (nSPS) is 18.2. The molecule has 3 nitrogen and oxygen atoms in total. The van der Waals surface area contributed by atoms with Crippen LogP contribution in [0.4, 0.5) is 0 Å². The predicted octanol–water partition coefficient (Wildman–Crippen LogP) is 2.83. The standard InChI is InChI=1S/C16H26N2O/c1-14(15-6-8-16(19-2)9-7-15)17-10-13-18-11-4-3-5-12-18/h6-9,14,17H,3-5,10-13H2,1-2H3. The molecule has 19 heavy (non-hydrogen) atoms. The molecule has 1 aliphatic rings. The molecule has 1 atom stereocenters. The van der Waals surface area contributed by atoms with Crippen LogP contribution in [0.3, 0.4) is 0 Å². The molecular weight excluding hydrogens is 236 g/mol. The van der Waals surface area contributed by atoms with Crippen LogP contribution in [0.15, 0.2) is 24.3 Å². The SMILES string of the molecule is COc1ccc(C(C)NCCN2CCCCC2)cc1. The summed E-state index contributed by atoms with van der Waals surface area (Å²) in [5.41, 5.74) is 1.32. The summed E-state index contributed by atoms with van der Waals surface area (Å²) in [5, 5.41) is 3.60. The van der Waals surface area contributed by atoms with Crippen LogP contribution >= 0.6 is 0 Å². The first-order valence-electron chi connectivity index (χ1n) is 7.39. The molecule has 1 aromatic carbocycles. The highest BCUT2D eigenvalue weighted by molar-refractivity contribution is 5.28. The third-order valence-corrected chi connectivity index (χ3v) is 3.94. The summed E-state index contributed by atoms with van der Waals surface area (Å²) in [6, 6.07) is 8.72. The van der Waals surface area contributed by atoms with Crippen LogP contribution in [0.5, 0.6) is 5.75 Å². The molecule has 2 rings (SSSR count). The topological polar surface area (TPSA) is 24.5 Å². The highest BCUT2D eigenvalue weighted by Crippen LogP contribution is 2.17. The third kappa shape index (κ3) is 4.51. The Labute approximate surface area is 116 Å². The van der Waals surface area contributed by atoms with Gasteiger partial charge in [0.1, 0.15) is 5.75 Å². The number of likely N-dealkylation sites (tertiary alicyclic amines) is 1. The molecule has 1 unspecified atom stereocenters. The Hall–Kier alpha value is -1.06. The average molecular weight is 262 g/mol. The zero-order valence-corrected chi connectivity index (χ0v) is 12.2. The van der Waals surface area contributed by atoms with Crippen molar-refractivity contribution in [1.82, 2.24) is 10.2 Å². The van der Waals surface area contributed by atoms with E-state index in [2.05, 4.69) is 29.3 Å². The quantitative estimate of drug-likeness (QED) is 0.853. The van der Waals surface area contributed by atoms with E-state index in [1.54, 1.807) is 7.11 Å². The van der Waals surface area contributed by atoms with E-state index in [1.165, 1.54) is 44.5 Å². The lowest BCUT2D eigenvalue weighted by Gasteiger charge is -2.27. The number of rotatable bonds is 6. The zero-order valence-electron chi connectivity index (χ0n) is 12.2. The van der Waals surface area contributed by atoms with E-state index in [0.717, 1.165) is 12.3 Å². The highest BCUT2D eigenvalue weighted by atomic mass is 16.5. The minimum atomic E-state index is 0.399. The second-order valence-corrected chi connectivity index (χ2v) is 5.35. The molecule has 0 aliphatic carbocycles. The van der Waals surface area contributed by atoms with E-state index in [9.17, 15) is 0 Å². The van der Waals surface area contributed by atoms with Gasteiger partial charge in [-0.25, -0.2) is 0 Å². The zero-order chi connectivity index (χ0) is 13.5. The van der Waals surface area contributed by atoms with E-state index >= 15 is 0 Å². The third-order valence-electron chi connectivity index (χ3n) is 3.94. The van der Waals surface area contributed by atoms with Crippen molar-refractivity contribution in [2.75, 3.05) is 33.3 Å². The summed E-state index contributed by atoms with van der Waals surface area (Å²) in [7, 11) is 1.70. The second kappa shape index (κ2) is 7.51. The van der Waals surface area contributed by atoms with Crippen molar-refractivity contribution in [2.45, 2.75) is 32.2 Å². The molecule has 0 spiro atoms. The summed E-state index contributed by atoms with van der Waals surface area (Å²) >= 11 is 0. The molecule has 0 radical (unpaired) electrons. The van der Waals surface area contributed by atoms with Crippen LogP contribution in [0, 0.1) is 0 Å². The Bertz CT molecular complexity index is 358. The first-order valence-corrected chi connectivity index (χ1v) is 7.39. The van der Waals surface area contributed by atoms with Crippen molar-refractivity contribution >= 4 is 0 Å². The van der Waals surface area contributed by atoms with Crippen molar-refractivity contribution in [1.29, 1.82) is 0 Å². The Balaban J connectivity index is 1.72. The molecule has 1 N–H and O–H groups in total. The van der Waals surface area contributed by atoms with Gasteiger partial charge in [0.15, 0.2) is 0 Å². The van der Waals surface area contributed by atoms with E-state index < -0.39 is 0 Å². The van der Waals surface area contributed by atoms with Gasteiger partial charge < -0.3 is 15.0 Å². The minimum absolute atomic E-state index is 0.399. The number of piperidine rings is 1. The van der Waals surface area contributed by atoms with E-state index in [4.69, 9.17) is 4.74 Å². The summed E-state index contributed by atoms with van der Waals surface area (Å²) in [4.78, 5) is 2.57. The Morgan fingerprint density at radius 1 is 1.16 bits per heavy atom. The van der Waals surface area contributed by atoms with Gasteiger partial charge in [0.25, 0.3) is 0 Å². The fourth-order valence-corrected chi connectivity index (χ4v) is 2.63. The number of nitrogens with one attached hydrogen (secondary N) is 1. The maximum Gasteiger partial charge on any atom is 0.118 e. The molecule has 1 fully saturated rings. The Morgan fingerprint density at radius 3 is 2.47 bits per heavy atom. The molecule has 3 heteroatoms. The van der Waals surface area contributed by atoms with Crippen LogP contribution in [0.1, 0.15) is 37.8 Å². The van der Waals surface area contributed by atoms with E-state index in [-0.39, 0.29) is 0 Å². The summed E-state index contributed by atoms with van der Waals surface area (Å²) in [6.07, 6.45) is 4.15. The summed E-state index contributed by atoms with van der Waals surface area (Å²) in [6.45, 7) is 7.00. The fraction of sp³-hybridized carbons (Fsp3) is 0.625. The van der Waals surface area contributed by atoms with Crippen molar-refractivity contribution in [3.05, 3.63) is 29.8 Å². The maximum atomic E-state index is 5.18. The molecule has 0 saturated carbocycles. The monoisotopic (exact) mass is 262 g/mol. The summed E-state index contributed by atoms with van der Waals surface area (Å²) in [5.74, 6) is 0.921. The lowest BCUT2D eigenvalue weighted by atomic mass is 10.1. The lowest BCUT2D eigenvalue weighted by Crippen LogP contribution is -2.36. The van der Waals surface area contributed by atoms with E-state index in [0.29, 0.717) is 6.04 Å². The number of nitrogens with zero attached hydrogens (tertiary/aromatic N) is 1. The van der Waals surface area contributed by atoms with Gasteiger partial charge in [0.2, 0.25) is 0 Å². The van der Waals surface area contributed by atoms with Crippen LogP contribution in [0.2, 0.25) is 0 Å². The molecule has 1 aliphatic heterocycles. The average Bonchev–Trinajstić information content (AvgIpc) is 2.48. The molecule has 1 aromatic rings. The van der Waals surface area contributed by atoms with Crippen molar-refractivity contribution in [2.24, 2.45) is 0 Å². The molecule has 0 amide bonds. The smallest absolute Gasteiger partial charge is 0.118 e. The van der Waals surface area contributed by atoms with Gasteiger partial charge in [0, 0.05) is 19.1 Å². The molecule has 0 aromatic heterocycles. The number of hydrogen-bond acceptors (Lipinski definition) is 3. The van der Waals surface area contributed by atoms with Gasteiger partial charge in [-0.05, 0) is 50.6 Å². The maximum absolute atomic E-state index is 5.18. The first kappa shape index (κ1) is 14.4. The minimum Gasteiger partial charge on any atom is -0.497 e. The van der Waals surface area contributed by atoms with Crippen LogP contribution in [-0.4, -0.2) is 38.2 Å². The van der Waals surface area contributed by atoms with Crippen LogP contribution in [0.25, 0.3) is 0 Å². The largest absolute Gasteiger partial charge is 0.497 e. The van der Waals surface area contributed by atoms with Gasteiger partial charge in [-0.3, -0.25) is 0 Å². The molecule has 106 valence electrons. The van der Waals surface area contributed by atoms with Gasteiger partial charge in [-0.15, -0.1) is 0 Å². The number of benzene rings is 1. The Morgan fingerprint density at radius 2 is 1.84 bits per heavy atom. The first-order chi connectivity index (χ1) is 9.29. The van der Waals surface area contributed by atoms with Gasteiger partial charge in [0.05, 0.1) is 7.11 Å². The van der Waals surface area contributed by atoms with Crippen molar-refractivity contribution < 1.29 is 4.74 Å². The van der Waals surface area contributed by atoms with Crippen molar-refractivity contribution in [3.63, 3.8) is 0 Å². The number of ether oxygens (including phenoxy) is 1. The van der Waals surface area contributed by atoms with Gasteiger partial charge in [-0.1, -0.05) is 18.6 Å². The predicted molar refractivity (Wildman–Crippen MR) is 79.7 cm³/mol. The summed E-state index contributed by atoms with van der Waals surface area (Å²) < 4.78 is 5.18. The van der Waals surface area contributed by atoms with Crippen LogP contribution < -0.4 is 10.1 Å². The second-order valence-electron chi connectivity index (χ2n) is 5.35. The molecular formula is C16H26N2O. The number of hydrogen-bond donors (Lipinski definition) is 1. The van der Waals surface area contributed by atoms with E-state index in [1.807, 2.05) is 12.1 Å². The fourth-order valence-electron chi connectivity index (χ4n) is 2.63. The Kier molecular flexibility index (Phi) is 5.67. The molecule has 1 saturated heterocycles. The van der Waals surface area contributed by atoms with Crippen LogP contribution in [-0.2, 0) is 0 Å². The van der Waals surface area contributed by atoms with Crippen molar-refractivity contribution in [3.8, 4) is 5.75 Å².